The maximum Gasteiger partial charge on any atom is 0.253 e. The van der Waals surface area contributed by atoms with E-state index < -0.39 is 0 Å². The van der Waals surface area contributed by atoms with Crippen molar-refractivity contribution in [3.8, 4) is 0 Å². The van der Waals surface area contributed by atoms with Gasteiger partial charge >= 0.3 is 0 Å². The summed E-state index contributed by atoms with van der Waals surface area (Å²) in [6.07, 6.45) is 0. The molecule has 0 saturated carbocycles. The van der Waals surface area contributed by atoms with Crippen molar-refractivity contribution >= 4 is 40.7 Å². The fourth-order valence-electron chi connectivity index (χ4n) is 2.87. The minimum Gasteiger partial charge on any atom is -0.339 e. The molecule has 1 N–H and O–H groups in total. The highest BCUT2D eigenvalue weighted by molar-refractivity contribution is 6.35. The molecule has 0 unspecified atom stereocenters. The molecule has 0 saturated heterocycles. The van der Waals surface area contributed by atoms with Gasteiger partial charge in [-0.3, -0.25) is 14.5 Å². The van der Waals surface area contributed by atoms with Gasteiger partial charge in [-0.2, -0.15) is 0 Å². The number of likely N-dealkylation sites (N-methyl/N-ethyl adjacent to an activating group) is 1. The molecule has 0 bridgehead atoms. The predicted molar refractivity (Wildman–Crippen MR) is 115 cm³/mol. The highest BCUT2D eigenvalue weighted by Gasteiger charge is 2.14. The minimum atomic E-state index is -0.167. The number of carbonyl (C=O) groups is 2. The van der Waals surface area contributed by atoms with Gasteiger partial charge in [0.15, 0.2) is 0 Å². The summed E-state index contributed by atoms with van der Waals surface area (Å²) in [6.45, 7) is 5.87. The first-order valence-corrected chi connectivity index (χ1v) is 9.91. The average Bonchev–Trinajstić information content (AvgIpc) is 2.65. The summed E-state index contributed by atoms with van der Waals surface area (Å²) >= 11 is 12.1. The Bertz CT molecular complexity index is 838. The molecule has 0 atom stereocenters. The number of hydrogen-bond acceptors (Lipinski definition) is 3. The standard InChI is InChI=1S/C21H25Cl2N3O2/c1-4-26(5-2)21(28)15-7-6-8-18(11-15)24-20(27)14-25(3)13-16-9-10-17(22)12-19(16)23/h6-12H,4-5,13-14H2,1-3H3,(H,24,27). The molecule has 0 radical (unpaired) electrons. The molecular formula is C21H25Cl2N3O2. The van der Waals surface area contributed by atoms with E-state index in [-0.39, 0.29) is 18.4 Å². The smallest absolute Gasteiger partial charge is 0.253 e. The summed E-state index contributed by atoms with van der Waals surface area (Å²) in [7, 11) is 1.84. The number of carbonyl (C=O) groups excluding carboxylic acids is 2. The van der Waals surface area contributed by atoms with E-state index in [0.29, 0.717) is 40.9 Å². The predicted octanol–water partition coefficient (Wildman–Crippen LogP) is 4.55. The second kappa shape index (κ2) is 10.5. The first kappa shape index (κ1) is 22.2. The largest absolute Gasteiger partial charge is 0.339 e. The van der Waals surface area contributed by atoms with Crippen molar-refractivity contribution in [2.24, 2.45) is 0 Å². The van der Waals surface area contributed by atoms with Crippen molar-refractivity contribution in [3.63, 3.8) is 0 Å². The van der Waals surface area contributed by atoms with Crippen LogP contribution in [0.4, 0.5) is 5.69 Å². The molecular weight excluding hydrogens is 397 g/mol. The van der Waals surface area contributed by atoms with Crippen molar-refractivity contribution in [2.75, 3.05) is 32.0 Å². The number of nitrogens with one attached hydrogen (secondary N) is 1. The number of benzene rings is 2. The van der Waals surface area contributed by atoms with E-state index >= 15 is 0 Å². The van der Waals surface area contributed by atoms with E-state index in [9.17, 15) is 9.59 Å². The lowest BCUT2D eigenvalue weighted by atomic mass is 10.1. The molecule has 2 aromatic rings. The summed E-state index contributed by atoms with van der Waals surface area (Å²) in [6, 6.07) is 12.3. The number of hydrogen-bond donors (Lipinski definition) is 1. The van der Waals surface area contributed by atoms with Crippen LogP contribution in [0.3, 0.4) is 0 Å². The Kier molecular flexibility index (Phi) is 8.30. The Morgan fingerprint density at radius 1 is 1.04 bits per heavy atom. The van der Waals surface area contributed by atoms with Gasteiger partial charge in [0.05, 0.1) is 6.54 Å². The van der Waals surface area contributed by atoms with Crippen LogP contribution in [0.25, 0.3) is 0 Å². The molecule has 5 nitrogen and oxygen atoms in total. The van der Waals surface area contributed by atoms with Crippen molar-refractivity contribution in [1.82, 2.24) is 9.80 Å². The van der Waals surface area contributed by atoms with Gasteiger partial charge in [0.1, 0.15) is 0 Å². The average molecular weight is 422 g/mol. The maximum absolute atomic E-state index is 12.5. The van der Waals surface area contributed by atoms with Gasteiger partial charge in [-0.15, -0.1) is 0 Å². The zero-order chi connectivity index (χ0) is 20.7. The molecule has 0 aliphatic carbocycles. The van der Waals surface area contributed by atoms with E-state index in [1.54, 1.807) is 41.3 Å². The zero-order valence-corrected chi connectivity index (χ0v) is 17.8. The van der Waals surface area contributed by atoms with E-state index in [2.05, 4.69) is 5.32 Å². The SMILES string of the molecule is CCN(CC)C(=O)c1cccc(NC(=O)CN(C)Cc2ccc(Cl)cc2Cl)c1. The van der Waals surface area contributed by atoms with Crippen LogP contribution < -0.4 is 5.32 Å². The molecule has 0 aliphatic heterocycles. The highest BCUT2D eigenvalue weighted by Crippen LogP contribution is 2.22. The van der Waals surface area contributed by atoms with Crippen LogP contribution in [-0.4, -0.2) is 48.3 Å². The fraction of sp³-hybridized carbons (Fsp3) is 0.333. The first-order chi connectivity index (χ1) is 13.3. The quantitative estimate of drug-likeness (QED) is 0.680. The molecule has 0 aliphatic rings. The van der Waals surface area contributed by atoms with E-state index in [1.807, 2.05) is 31.9 Å². The van der Waals surface area contributed by atoms with Gasteiger partial charge in [0.2, 0.25) is 5.91 Å². The third kappa shape index (κ3) is 6.23. The Labute approximate surface area is 176 Å². The lowest BCUT2D eigenvalue weighted by Gasteiger charge is -2.19. The molecule has 2 rings (SSSR count). The molecule has 0 heterocycles. The van der Waals surface area contributed by atoms with Crippen LogP contribution >= 0.6 is 23.2 Å². The summed E-state index contributed by atoms with van der Waals surface area (Å²) in [5.41, 5.74) is 2.05. The van der Waals surface area contributed by atoms with Crippen molar-refractivity contribution in [1.29, 1.82) is 0 Å². The number of nitrogens with zero attached hydrogens (tertiary/aromatic N) is 2. The molecule has 2 amide bonds. The summed E-state index contributed by atoms with van der Waals surface area (Å²) in [4.78, 5) is 28.4. The topological polar surface area (TPSA) is 52.7 Å². The Morgan fingerprint density at radius 2 is 1.75 bits per heavy atom. The van der Waals surface area contributed by atoms with Crippen LogP contribution in [-0.2, 0) is 11.3 Å². The summed E-state index contributed by atoms with van der Waals surface area (Å²) < 4.78 is 0. The number of halogens is 2. The summed E-state index contributed by atoms with van der Waals surface area (Å²) in [5.74, 6) is -0.212. The number of amides is 2. The third-order valence-corrected chi connectivity index (χ3v) is 4.90. The maximum atomic E-state index is 12.5. The van der Waals surface area contributed by atoms with Gasteiger partial charge in [-0.1, -0.05) is 35.3 Å². The Balaban J connectivity index is 1.97. The van der Waals surface area contributed by atoms with Gasteiger partial charge in [0.25, 0.3) is 5.91 Å². The fourth-order valence-corrected chi connectivity index (χ4v) is 3.33. The second-order valence-corrected chi connectivity index (χ2v) is 7.36. The normalized spacial score (nSPS) is 10.8. The van der Waals surface area contributed by atoms with Gasteiger partial charge in [0, 0.05) is 40.9 Å². The van der Waals surface area contributed by atoms with Gasteiger partial charge in [-0.05, 0) is 56.8 Å². The molecule has 0 fully saturated rings. The van der Waals surface area contributed by atoms with Crippen molar-refractivity contribution < 1.29 is 9.59 Å². The van der Waals surface area contributed by atoms with Crippen LogP contribution in [0.2, 0.25) is 10.0 Å². The number of anilines is 1. The molecule has 0 spiro atoms. The second-order valence-electron chi connectivity index (χ2n) is 6.51. The van der Waals surface area contributed by atoms with Gasteiger partial charge < -0.3 is 10.2 Å². The number of rotatable bonds is 8. The van der Waals surface area contributed by atoms with Crippen LogP contribution in [0.15, 0.2) is 42.5 Å². The zero-order valence-electron chi connectivity index (χ0n) is 16.3. The molecule has 28 heavy (non-hydrogen) atoms. The van der Waals surface area contributed by atoms with Crippen LogP contribution in [0.5, 0.6) is 0 Å². The summed E-state index contributed by atoms with van der Waals surface area (Å²) in [5, 5.41) is 4.00. The van der Waals surface area contributed by atoms with Crippen molar-refractivity contribution in [3.05, 3.63) is 63.6 Å². The van der Waals surface area contributed by atoms with Crippen LogP contribution in [0, 0.1) is 0 Å². The molecule has 2 aromatic carbocycles. The molecule has 0 aromatic heterocycles. The lowest BCUT2D eigenvalue weighted by Crippen LogP contribution is -2.31. The molecule has 150 valence electrons. The highest BCUT2D eigenvalue weighted by atomic mass is 35.5. The molecule has 7 heteroatoms. The van der Waals surface area contributed by atoms with Crippen LogP contribution in [0.1, 0.15) is 29.8 Å². The minimum absolute atomic E-state index is 0.0457. The first-order valence-electron chi connectivity index (χ1n) is 9.15. The lowest BCUT2D eigenvalue weighted by molar-refractivity contribution is -0.117. The van der Waals surface area contributed by atoms with Crippen molar-refractivity contribution in [2.45, 2.75) is 20.4 Å². The van der Waals surface area contributed by atoms with E-state index in [0.717, 1.165) is 5.56 Å². The van der Waals surface area contributed by atoms with Gasteiger partial charge in [-0.25, -0.2) is 0 Å². The monoisotopic (exact) mass is 421 g/mol. The van der Waals surface area contributed by atoms with E-state index in [4.69, 9.17) is 23.2 Å². The third-order valence-electron chi connectivity index (χ3n) is 4.31. The Hall–Kier alpha value is -2.08. The van der Waals surface area contributed by atoms with E-state index in [1.165, 1.54) is 0 Å². The Morgan fingerprint density at radius 3 is 2.39 bits per heavy atom.